The van der Waals surface area contributed by atoms with Crippen molar-refractivity contribution in [2.24, 2.45) is 4.99 Å². The predicted molar refractivity (Wildman–Crippen MR) is 75.8 cm³/mol. The summed E-state index contributed by atoms with van der Waals surface area (Å²) in [4.78, 5) is 13.2. The molecule has 0 radical (unpaired) electrons. The molecule has 0 saturated carbocycles. The van der Waals surface area contributed by atoms with Crippen LogP contribution in [-0.4, -0.2) is 27.5 Å². The second-order valence-electron chi connectivity index (χ2n) is 3.60. The average molecular weight is 275 g/mol. The van der Waals surface area contributed by atoms with E-state index in [1.54, 1.807) is 12.4 Å². The van der Waals surface area contributed by atoms with Gasteiger partial charge in [0.1, 0.15) is 0 Å². The highest BCUT2D eigenvalue weighted by Crippen LogP contribution is 2.35. The third-order valence-corrected chi connectivity index (χ3v) is 4.48. The summed E-state index contributed by atoms with van der Waals surface area (Å²) >= 11 is 2.98. The second-order valence-corrected chi connectivity index (χ2v) is 5.69. The van der Waals surface area contributed by atoms with Crippen molar-refractivity contribution in [2.75, 3.05) is 6.26 Å². The molecule has 0 unspecified atom stereocenters. The van der Waals surface area contributed by atoms with Crippen molar-refractivity contribution >= 4 is 46.8 Å². The molecule has 0 saturated heterocycles. The van der Waals surface area contributed by atoms with Gasteiger partial charge in [0.2, 0.25) is 5.88 Å². The molecule has 3 heterocycles. The lowest BCUT2D eigenvalue weighted by molar-refractivity contribution is 0.453. The molecule has 0 atom stereocenters. The molecule has 1 N–H and O–H groups in total. The molecule has 0 spiro atoms. The van der Waals surface area contributed by atoms with Crippen molar-refractivity contribution in [1.82, 2.24) is 9.97 Å². The van der Waals surface area contributed by atoms with E-state index < -0.39 is 0 Å². The topological polar surface area (TPSA) is 58.4 Å². The highest BCUT2D eigenvalue weighted by Gasteiger charge is 2.14. The maximum Gasteiger partial charge on any atom is 0.230 e. The minimum Gasteiger partial charge on any atom is -0.492 e. The van der Waals surface area contributed by atoms with Gasteiger partial charge in [0.25, 0.3) is 0 Å². The molecule has 0 fully saturated rings. The Bertz CT molecular complexity index is 661. The summed E-state index contributed by atoms with van der Waals surface area (Å²) in [6.45, 7) is 0. The summed E-state index contributed by atoms with van der Waals surface area (Å²) in [6.07, 6.45) is 7.31. The van der Waals surface area contributed by atoms with Crippen molar-refractivity contribution in [3.63, 3.8) is 0 Å². The minimum absolute atomic E-state index is 0.0718. The highest BCUT2D eigenvalue weighted by atomic mass is 32.2. The lowest BCUT2D eigenvalue weighted by Gasteiger charge is -1.96. The van der Waals surface area contributed by atoms with E-state index in [-0.39, 0.29) is 5.88 Å². The largest absolute Gasteiger partial charge is 0.492 e. The maximum absolute atomic E-state index is 9.75. The molecule has 3 rings (SSSR count). The molecule has 0 aliphatic carbocycles. The van der Waals surface area contributed by atoms with Gasteiger partial charge in [0.15, 0.2) is 10.2 Å². The molecule has 1 aliphatic rings. The van der Waals surface area contributed by atoms with Gasteiger partial charge in [-0.05, 0) is 24.5 Å². The van der Waals surface area contributed by atoms with Gasteiger partial charge in [0.05, 0.1) is 4.88 Å². The minimum atomic E-state index is 0.0718. The van der Waals surface area contributed by atoms with E-state index in [0.717, 1.165) is 26.2 Å². The van der Waals surface area contributed by atoms with Crippen LogP contribution >= 0.6 is 23.1 Å². The molecular formula is C12H9N3OS2. The standard InChI is InChI=1S/C12H9N3OS2/c1-17-12-15-11(16)9(18-12)5-7-6-14-10-8(7)3-2-4-13-10/h2-6,16H,1H3/b7-5+. The van der Waals surface area contributed by atoms with E-state index in [1.807, 2.05) is 24.5 Å². The lowest BCUT2D eigenvalue weighted by atomic mass is 10.1. The molecule has 4 nitrogen and oxygen atoms in total. The van der Waals surface area contributed by atoms with Crippen LogP contribution in [0.25, 0.3) is 11.6 Å². The van der Waals surface area contributed by atoms with E-state index in [1.165, 1.54) is 23.1 Å². The number of aromatic nitrogens is 2. The van der Waals surface area contributed by atoms with Crippen LogP contribution in [0.3, 0.4) is 0 Å². The Labute approximate surface area is 112 Å². The summed E-state index contributed by atoms with van der Waals surface area (Å²) < 4.78 is 0.848. The molecule has 0 bridgehead atoms. The first-order valence-electron chi connectivity index (χ1n) is 5.23. The Balaban J connectivity index is 2.03. The van der Waals surface area contributed by atoms with Crippen LogP contribution in [0.4, 0.5) is 5.82 Å². The van der Waals surface area contributed by atoms with E-state index in [9.17, 15) is 5.11 Å². The van der Waals surface area contributed by atoms with Gasteiger partial charge in [-0.25, -0.2) is 9.98 Å². The number of aromatic hydroxyl groups is 1. The normalized spacial score (nSPS) is 15.3. The predicted octanol–water partition coefficient (Wildman–Crippen LogP) is 3.22. The Morgan fingerprint density at radius 3 is 3.11 bits per heavy atom. The van der Waals surface area contributed by atoms with Gasteiger partial charge in [-0.3, -0.25) is 0 Å². The van der Waals surface area contributed by atoms with Crippen LogP contribution in [0.1, 0.15) is 10.4 Å². The van der Waals surface area contributed by atoms with E-state index in [4.69, 9.17) is 0 Å². The third kappa shape index (κ3) is 1.93. The number of thiazole rings is 1. The van der Waals surface area contributed by atoms with Gasteiger partial charge >= 0.3 is 0 Å². The quantitative estimate of drug-likeness (QED) is 0.855. The highest BCUT2D eigenvalue weighted by molar-refractivity contribution is 8.00. The lowest BCUT2D eigenvalue weighted by Crippen LogP contribution is -1.80. The van der Waals surface area contributed by atoms with Gasteiger partial charge in [-0.1, -0.05) is 11.8 Å². The molecular weight excluding hydrogens is 266 g/mol. The van der Waals surface area contributed by atoms with Gasteiger partial charge in [0, 0.05) is 23.5 Å². The summed E-state index contributed by atoms with van der Waals surface area (Å²) in [5.41, 5.74) is 1.93. The van der Waals surface area contributed by atoms with Crippen LogP contribution in [0.15, 0.2) is 27.7 Å². The van der Waals surface area contributed by atoms with Crippen LogP contribution in [0, 0.1) is 0 Å². The first-order chi connectivity index (χ1) is 8.78. The van der Waals surface area contributed by atoms with E-state index in [0.29, 0.717) is 0 Å². The van der Waals surface area contributed by atoms with Crippen molar-refractivity contribution in [3.8, 4) is 5.88 Å². The fourth-order valence-corrected chi connectivity index (χ4v) is 3.09. The van der Waals surface area contributed by atoms with E-state index >= 15 is 0 Å². The molecule has 0 aromatic carbocycles. The summed E-state index contributed by atoms with van der Waals surface area (Å²) in [6, 6.07) is 3.84. The molecule has 90 valence electrons. The Morgan fingerprint density at radius 2 is 2.33 bits per heavy atom. The number of allylic oxidation sites excluding steroid dienone is 1. The summed E-state index contributed by atoms with van der Waals surface area (Å²) in [5.74, 6) is 0.792. The van der Waals surface area contributed by atoms with Crippen molar-refractivity contribution in [1.29, 1.82) is 0 Å². The van der Waals surface area contributed by atoms with Crippen molar-refractivity contribution in [3.05, 3.63) is 28.8 Å². The SMILES string of the molecule is CSc1nc(O)c(/C=C2\C=Nc3ncccc32)s1. The number of hydrogen-bond donors (Lipinski definition) is 1. The van der Waals surface area contributed by atoms with Crippen LogP contribution < -0.4 is 0 Å². The molecule has 0 amide bonds. The zero-order valence-electron chi connectivity index (χ0n) is 9.49. The number of thioether (sulfide) groups is 1. The van der Waals surface area contributed by atoms with Crippen molar-refractivity contribution in [2.45, 2.75) is 4.34 Å². The number of fused-ring (bicyclic) bond motifs is 1. The van der Waals surface area contributed by atoms with Gasteiger partial charge < -0.3 is 5.11 Å². The number of pyridine rings is 1. The number of aliphatic imine (C=N–C) groups is 1. The molecule has 2 aromatic rings. The molecule has 6 heteroatoms. The molecule has 1 aliphatic heterocycles. The Morgan fingerprint density at radius 1 is 1.44 bits per heavy atom. The van der Waals surface area contributed by atoms with Crippen LogP contribution in [0.2, 0.25) is 0 Å². The van der Waals surface area contributed by atoms with Gasteiger partial charge in [-0.2, -0.15) is 4.98 Å². The van der Waals surface area contributed by atoms with E-state index in [2.05, 4.69) is 15.0 Å². The van der Waals surface area contributed by atoms with Crippen molar-refractivity contribution < 1.29 is 5.11 Å². The smallest absolute Gasteiger partial charge is 0.230 e. The Kier molecular flexibility index (Phi) is 2.89. The summed E-state index contributed by atoms with van der Waals surface area (Å²) in [5, 5.41) is 9.75. The maximum atomic E-state index is 9.75. The fraction of sp³-hybridized carbons (Fsp3) is 0.0833. The number of rotatable bonds is 2. The Hall–Kier alpha value is -1.66. The average Bonchev–Trinajstić information content (AvgIpc) is 2.95. The first kappa shape index (κ1) is 11.4. The van der Waals surface area contributed by atoms with Gasteiger partial charge in [-0.15, -0.1) is 11.3 Å². The second kappa shape index (κ2) is 4.55. The molecule has 2 aromatic heterocycles. The first-order valence-corrected chi connectivity index (χ1v) is 7.27. The number of nitrogens with zero attached hydrogens (tertiary/aromatic N) is 3. The fourth-order valence-electron chi connectivity index (χ4n) is 1.67. The third-order valence-electron chi connectivity index (χ3n) is 2.50. The number of hydrogen-bond acceptors (Lipinski definition) is 6. The molecule has 18 heavy (non-hydrogen) atoms. The van der Waals surface area contributed by atoms with Crippen LogP contribution in [-0.2, 0) is 0 Å². The summed E-state index contributed by atoms with van der Waals surface area (Å²) in [7, 11) is 0. The zero-order valence-corrected chi connectivity index (χ0v) is 11.1. The monoisotopic (exact) mass is 275 g/mol. The van der Waals surface area contributed by atoms with Crippen LogP contribution in [0.5, 0.6) is 5.88 Å². The zero-order chi connectivity index (χ0) is 12.5.